The molecule has 0 spiro atoms. The van der Waals surface area contributed by atoms with E-state index in [4.69, 9.17) is 14.2 Å². The quantitative estimate of drug-likeness (QED) is 0.382. The number of ether oxygens (including phenoxy) is 3. The molecule has 0 saturated heterocycles. The fourth-order valence-electron chi connectivity index (χ4n) is 4.53. The zero-order valence-electron chi connectivity index (χ0n) is 22.4. The van der Waals surface area contributed by atoms with Crippen LogP contribution in [0.15, 0.2) is 65.6 Å². The Labute approximate surface area is 230 Å². The zero-order chi connectivity index (χ0) is 29.2. The van der Waals surface area contributed by atoms with Crippen molar-refractivity contribution >= 4 is 15.9 Å². The van der Waals surface area contributed by atoms with Crippen molar-refractivity contribution in [3.8, 4) is 17.2 Å². The van der Waals surface area contributed by atoms with Gasteiger partial charge in [0.15, 0.2) is 11.5 Å². The highest BCUT2D eigenvalue weighted by molar-refractivity contribution is 7.89. The lowest BCUT2D eigenvalue weighted by atomic mass is 9.91. The van der Waals surface area contributed by atoms with E-state index in [0.717, 1.165) is 22.0 Å². The summed E-state index contributed by atoms with van der Waals surface area (Å²) >= 11 is 0. The normalized spacial score (nSPS) is 15.5. The van der Waals surface area contributed by atoms with Crippen LogP contribution < -0.4 is 14.2 Å². The van der Waals surface area contributed by atoms with Gasteiger partial charge in [-0.2, -0.15) is 13.2 Å². The van der Waals surface area contributed by atoms with Gasteiger partial charge < -0.3 is 19.1 Å². The van der Waals surface area contributed by atoms with Crippen molar-refractivity contribution in [1.29, 1.82) is 0 Å². The van der Waals surface area contributed by atoms with Crippen LogP contribution in [0.25, 0.3) is 0 Å². The summed E-state index contributed by atoms with van der Waals surface area (Å²) in [4.78, 5) is 15.3. The van der Waals surface area contributed by atoms with Crippen LogP contribution in [0, 0.1) is 0 Å². The highest BCUT2D eigenvalue weighted by Gasteiger charge is 2.34. The summed E-state index contributed by atoms with van der Waals surface area (Å²) in [6.07, 6.45) is -4.05. The minimum Gasteiger partial charge on any atom is -0.493 e. The van der Waals surface area contributed by atoms with E-state index in [1.165, 1.54) is 64.7 Å². The van der Waals surface area contributed by atoms with Gasteiger partial charge in [-0.25, -0.2) is 12.7 Å². The Hall–Kier alpha value is -3.77. The van der Waals surface area contributed by atoms with Crippen LogP contribution >= 0.6 is 0 Å². The average molecular weight is 579 g/mol. The molecule has 1 unspecified atom stereocenters. The van der Waals surface area contributed by atoms with E-state index in [2.05, 4.69) is 0 Å². The van der Waals surface area contributed by atoms with E-state index in [1.807, 2.05) is 6.07 Å². The maximum Gasteiger partial charge on any atom is 0.416 e. The van der Waals surface area contributed by atoms with Gasteiger partial charge in [-0.05, 0) is 72.1 Å². The number of carbonyl (C=O) groups excluding carboxylic acids is 1. The molecule has 0 saturated carbocycles. The fourth-order valence-corrected chi connectivity index (χ4v) is 5.44. The molecule has 0 aliphatic carbocycles. The number of hydrogen-bond acceptors (Lipinski definition) is 6. The summed E-state index contributed by atoms with van der Waals surface area (Å²) in [6, 6.07) is 13.0. The lowest BCUT2D eigenvalue weighted by Gasteiger charge is -2.37. The maximum absolute atomic E-state index is 13.7. The largest absolute Gasteiger partial charge is 0.493 e. The predicted molar refractivity (Wildman–Crippen MR) is 141 cm³/mol. The van der Waals surface area contributed by atoms with Crippen LogP contribution in [-0.2, 0) is 22.6 Å². The summed E-state index contributed by atoms with van der Waals surface area (Å²) in [5.41, 5.74) is 0.995. The van der Waals surface area contributed by atoms with Crippen molar-refractivity contribution in [2.45, 2.75) is 23.5 Å². The van der Waals surface area contributed by atoms with E-state index >= 15 is 0 Å². The molecule has 1 aliphatic heterocycles. The van der Waals surface area contributed by atoms with Crippen LogP contribution in [0.4, 0.5) is 13.2 Å². The van der Waals surface area contributed by atoms with E-state index < -0.39 is 27.8 Å². The van der Waals surface area contributed by atoms with Gasteiger partial charge >= 0.3 is 6.18 Å². The Kier molecular flexibility index (Phi) is 8.31. The predicted octanol–water partition coefficient (Wildman–Crippen LogP) is 4.79. The van der Waals surface area contributed by atoms with Crippen molar-refractivity contribution in [3.63, 3.8) is 0 Å². The Morgan fingerprint density at radius 3 is 2.25 bits per heavy atom. The molecule has 12 heteroatoms. The smallest absolute Gasteiger partial charge is 0.416 e. The van der Waals surface area contributed by atoms with Gasteiger partial charge in [-0.3, -0.25) is 4.79 Å². The number of alkyl halides is 3. The molecule has 40 heavy (non-hydrogen) atoms. The van der Waals surface area contributed by atoms with Crippen LogP contribution in [0.5, 0.6) is 17.2 Å². The number of halogens is 3. The van der Waals surface area contributed by atoms with Gasteiger partial charge in [0.05, 0.1) is 30.7 Å². The molecule has 1 amide bonds. The molecule has 0 N–H and O–H groups in total. The monoisotopic (exact) mass is 578 g/mol. The molecule has 3 aromatic rings. The molecule has 4 rings (SSSR count). The molecule has 0 aromatic heterocycles. The average Bonchev–Trinajstić information content (AvgIpc) is 2.94. The number of fused-ring (bicyclic) bond motifs is 1. The highest BCUT2D eigenvalue weighted by Crippen LogP contribution is 2.39. The van der Waals surface area contributed by atoms with Gasteiger partial charge in [0.1, 0.15) is 12.4 Å². The number of rotatable bonds is 8. The minimum absolute atomic E-state index is 0.00747. The number of hydrogen-bond donors (Lipinski definition) is 0. The van der Waals surface area contributed by atoms with Crippen molar-refractivity contribution in [3.05, 3.63) is 82.9 Å². The molecular weight excluding hydrogens is 549 g/mol. The van der Waals surface area contributed by atoms with Crippen LogP contribution in [0.1, 0.15) is 33.1 Å². The number of benzene rings is 3. The first-order valence-corrected chi connectivity index (χ1v) is 13.7. The van der Waals surface area contributed by atoms with E-state index in [1.54, 1.807) is 11.0 Å². The Morgan fingerprint density at radius 1 is 1.00 bits per heavy atom. The molecule has 1 heterocycles. The molecule has 0 radical (unpaired) electrons. The Morgan fingerprint density at radius 2 is 1.65 bits per heavy atom. The summed E-state index contributed by atoms with van der Waals surface area (Å²) in [7, 11) is 2.14. The standard InChI is InChI=1S/C28H29F3N2O6S/c1-32(2)40(35,36)22-10-8-18(9-11-22)27(34)33-13-12-19-14-25(37-3)26(38-4)16-23(19)24(33)17-39-21-7-5-6-20(15-21)28(29,30)31/h5-11,14-16,24H,12-13,17H2,1-4H3. The van der Waals surface area contributed by atoms with E-state index in [9.17, 15) is 26.4 Å². The van der Waals surface area contributed by atoms with Gasteiger partial charge in [-0.15, -0.1) is 0 Å². The lowest BCUT2D eigenvalue weighted by molar-refractivity contribution is -0.137. The van der Waals surface area contributed by atoms with Crippen molar-refractivity contribution in [2.75, 3.05) is 41.5 Å². The summed E-state index contributed by atoms with van der Waals surface area (Å²) in [5.74, 6) is 0.564. The SMILES string of the molecule is COc1cc2c(cc1OC)C(COc1cccc(C(F)(F)F)c1)N(C(=O)c1ccc(S(=O)(=O)N(C)C)cc1)CC2. The van der Waals surface area contributed by atoms with Crippen molar-refractivity contribution in [2.24, 2.45) is 0 Å². The number of amides is 1. The number of nitrogens with zero attached hydrogens (tertiary/aromatic N) is 2. The van der Waals surface area contributed by atoms with Crippen LogP contribution in [-0.4, -0.2) is 65.0 Å². The van der Waals surface area contributed by atoms with Gasteiger partial charge in [-0.1, -0.05) is 6.07 Å². The molecule has 0 bridgehead atoms. The first-order valence-electron chi connectivity index (χ1n) is 12.2. The van der Waals surface area contributed by atoms with E-state index in [0.29, 0.717) is 23.5 Å². The second-order valence-corrected chi connectivity index (χ2v) is 11.5. The molecular formula is C28H29F3N2O6S. The van der Waals surface area contributed by atoms with Gasteiger partial charge in [0.2, 0.25) is 10.0 Å². The van der Waals surface area contributed by atoms with Crippen molar-refractivity contribution in [1.82, 2.24) is 9.21 Å². The van der Waals surface area contributed by atoms with E-state index in [-0.39, 0.29) is 35.3 Å². The molecule has 3 aromatic carbocycles. The summed E-state index contributed by atoms with van der Waals surface area (Å²) in [5, 5.41) is 0. The first-order chi connectivity index (χ1) is 18.9. The third-order valence-electron chi connectivity index (χ3n) is 6.71. The second kappa shape index (κ2) is 11.4. The fraction of sp³-hybridized carbons (Fsp3) is 0.321. The Bertz CT molecular complexity index is 1490. The molecule has 8 nitrogen and oxygen atoms in total. The highest BCUT2D eigenvalue weighted by atomic mass is 32.2. The topological polar surface area (TPSA) is 85.4 Å². The number of carbonyl (C=O) groups is 1. The Balaban J connectivity index is 1.69. The van der Waals surface area contributed by atoms with Crippen molar-refractivity contribution < 1.29 is 40.6 Å². The number of sulfonamides is 1. The molecule has 1 atom stereocenters. The van der Waals surface area contributed by atoms with Gasteiger partial charge in [0.25, 0.3) is 5.91 Å². The zero-order valence-corrected chi connectivity index (χ0v) is 23.2. The third-order valence-corrected chi connectivity index (χ3v) is 8.54. The molecule has 0 fully saturated rings. The first kappa shape index (κ1) is 29.2. The minimum atomic E-state index is -4.53. The maximum atomic E-state index is 13.7. The van der Waals surface area contributed by atoms with Gasteiger partial charge in [0, 0.05) is 26.2 Å². The summed E-state index contributed by atoms with van der Waals surface area (Å²) in [6.45, 7) is 0.151. The number of methoxy groups -OCH3 is 2. The second-order valence-electron chi connectivity index (χ2n) is 9.32. The van der Waals surface area contributed by atoms with Crippen LogP contribution in [0.2, 0.25) is 0 Å². The third kappa shape index (κ3) is 5.87. The summed E-state index contributed by atoms with van der Waals surface area (Å²) < 4.78 is 82.4. The lowest BCUT2D eigenvalue weighted by Crippen LogP contribution is -2.42. The molecule has 214 valence electrons. The molecule has 1 aliphatic rings. The van der Waals surface area contributed by atoms with Crippen LogP contribution in [0.3, 0.4) is 0 Å².